The summed E-state index contributed by atoms with van der Waals surface area (Å²) in [7, 11) is 0. The maximum absolute atomic E-state index is 3.54. The molecule has 0 aromatic heterocycles. The van der Waals surface area contributed by atoms with Gasteiger partial charge in [-0.15, -0.1) is 0 Å². The predicted octanol–water partition coefficient (Wildman–Crippen LogP) is 4.20. The van der Waals surface area contributed by atoms with E-state index in [2.05, 4.69) is 69.1 Å². The van der Waals surface area contributed by atoms with Gasteiger partial charge in [0.1, 0.15) is 0 Å². The third-order valence-electron chi connectivity index (χ3n) is 3.89. The molecule has 21 heavy (non-hydrogen) atoms. The Balaban J connectivity index is 1.89. The monoisotopic (exact) mass is 288 g/mol. The molecule has 0 unspecified atom stereocenters. The van der Waals surface area contributed by atoms with Crippen LogP contribution in [-0.4, -0.2) is 23.0 Å². The van der Waals surface area contributed by atoms with Crippen molar-refractivity contribution in [2.45, 2.75) is 72.1 Å². The minimum absolute atomic E-state index is 0.179. The molecule has 1 aliphatic carbocycles. The van der Waals surface area contributed by atoms with E-state index in [0.717, 1.165) is 25.0 Å². The normalized spacial score (nSPS) is 16.0. The van der Waals surface area contributed by atoms with Crippen LogP contribution in [0.1, 0.15) is 58.6 Å². The Morgan fingerprint density at radius 2 is 1.67 bits per heavy atom. The fourth-order valence-corrected chi connectivity index (χ4v) is 2.62. The van der Waals surface area contributed by atoms with Crippen LogP contribution in [0.3, 0.4) is 0 Å². The second kappa shape index (κ2) is 6.93. The lowest BCUT2D eigenvalue weighted by Crippen LogP contribution is -2.35. The van der Waals surface area contributed by atoms with Crippen LogP contribution in [0.5, 0.6) is 0 Å². The van der Waals surface area contributed by atoms with Crippen molar-refractivity contribution in [3.05, 3.63) is 35.4 Å². The molecule has 0 atom stereocenters. The Kier molecular flexibility index (Phi) is 5.45. The third-order valence-corrected chi connectivity index (χ3v) is 3.89. The predicted molar refractivity (Wildman–Crippen MR) is 91.3 cm³/mol. The zero-order valence-corrected chi connectivity index (χ0v) is 14.4. The summed E-state index contributed by atoms with van der Waals surface area (Å²) in [4.78, 5) is 2.66. The van der Waals surface area contributed by atoms with Crippen molar-refractivity contribution in [2.75, 3.05) is 6.54 Å². The number of rotatable bonds is 7. The second-order valence-corrected chi connectivity index (χ2v) is 7.97. The summed E-state index contributed by atoms with van der Waals surface area (Å²) in [6, 6.07) is 9.99. The van der Waals surface area contributed by atoms with Crippen LogP contribution in [0.2, 0.25) is 0 Å². The fourth-order valence-electron chi connectivity index (χ4n) is 2.62. The van der Waals surface area contributed by atoms with Crippen molar-refractivity contribution in [1.82, 2.24) is 10.2 Å². The number of hydrogen-bond acceptors (Lipinski definition) is 2. The Morgan fingerprint density at radius 1 is 1.10 bits per heavy atom. The van der Waals surface area contributed by atoms with Gasteiger partial charge in [-0.3, -0.25) is 4.90 Å². The highest BCUT2D eigenvalue weighted by atomic mass is 15.2. The average molecular weight is 288 g/mol. The van der Waals surface area contributed by atoms with E-state index in [-0.39, 0.29) is 5.54 Å². The molecule has 0 spiro atoms. The molecular formula is C19H32N2. The Morgan fingerprint density at radius 3 is 2.14 bits per heavy atom. The van der Waals surface area contributed by atoms with E-state index in [1.165, 1.54) is 30.5 Å². The Bertz CT molecular complexity index is 424. The first-order chi connectivity index (χ1) is 9.83. The summed E-state index contributed by atoms with van der Waals surface area (Å²) >= 11 is 0. The summed E-state index contributed by atoms with van der Waals surface area (Å²) in [5.74, 6) is 0.751. The first-order valence-corrected chi connectivity index (χ1v) is 8.40. The summed E-state index contributed by atoms with van der Waals surface area (Å²) in [6.07, 6.45) is 2.78. The van der Waals surface area contributed by atoms with Gasteiger partial charge in [-0.1, -0.05) is 38.1 Å². The molecule has 1 aromatic carbocycles. The molecule has 0 amide bonds. The van der Waals surface area contributed by atoms with Crippen molar-refractivity contribution in [2.24, 2.45) is 5.92 Å². The molecule has 1 saturated carbocycles. The smallest absolute Gasteiger partial charge is 0.0236 e. The molecule has 1 aliphatic rings. The molecule has 2 rings (SSSR count). The number of benzene rings is 1. The largest absolute Gasteiger partial charge is 0.308 e. The standard InChI is InChI=1S/C19H32N2/c1-15(2)13-21(18-10-11-18)14-17-8-6-16(7-9-17)12-20-19(3,4)5/h6-9,15,18,20H,10-14H2,1-5H3. The van der Waals surface area contributed by atoms with Crippen LogP contribution in [0.4, 0.5) is 0 Å². The van der Waals surface area contributed by atoms with Gasteiger partial charge in [0.25, 0.3) is 0 Å². The zero-order valence-electron chi connectivity index (χ0n) is 14.4. The first kappa shape index (κ1) is 16.5. The van der Waals surface area contributed by atoms with Crippen molar-refractivity contribution in [1.29, 1.82) is 0 Å². The molecule has 0 saturated heterocycles. The maximum atomic E-state index is 3.54. The van der Waals surface area contributed by atoms with Crippen LogP contribution in [0.15, 0.2) is 24.3 Å². The van der Waals surface area contributed by atoms with E-state index in [0.29, 0.717) is 0 Å². The van der Waals surface area contributed by atoms with Crippen LogP contribution >= 0.6 is 0 Å². The van der Waals surface area contributed by atoms with Gasteiger partial charge in [0.2, 0.25) is 0 Å². The SMILES string of the molecule is CC(C)CN(Cc1ccc(CNC(C)(C)C)cc1)C1CC1. The lowest BCUT2D eigenvalue weighted by Gasteiger charge is -2.24. The Labute approximate surface area is 130 Å². The van der Waals surface area contributed by atoms with E-state index >= 15 is 0 Å². The molecule has 0 heterocycles. The van der Waals surface area contributed by atoms with Gasteiger partial charge in [0.15, 0.2) is 0 Å². The number of hydrogen-bond donors (Lipinski definition) is 1. The molecule has 0 aliphatic heterocycles. The van der Waals surface area contributed by atoms with Crippen LogP contribution in [0, 0.1) is 5.92 Å². The molecular weight excluding hydrogens is 256 g/mol. The van der Waals surface area contributed by atoms with Crippen molar-refractivity contribution >= 4 is 0 Å². The maximum Gasteiger partial charge on any atom is 0.0236 e. The molecule has 118 valence electrons. The topological polar surface area (TPSA) is 15.3 Å². The second-order valence-electron chi connectivity index (χ2n) is 7.97. The highest BCUT2D eigenvalue weighted by molar-refractivity contribution is 5.22. The lowest BCUT2D eigenvalue weighted by molar-refractivity contribution is 0.226. The van der Waals surface area contributed by atoms with Crippen molar-refractivity contribution < 1.29 is 0 Å². The zero-order chi connectivity index (χ0) is 15.5. The molecule has 1 aromatic rings. The number of nitrogens with zero attached hydrogens (tertiary/aromatic N) is 1. The van der Waals surface area contributed by atoms with Gasteiger partial charge in [-0.05, 0) is 50.7 Å². The summed E-state index contributed by atoms with van der Waals surface area (Å²) < 4.78 is 0. The van der Waals surface area contributed by atoms with E-state index in [1.807, 2.05) is 0 Å². The lowest BCUT2D eigenvalue weighted by atomic mass is 10.1. The van der Waals surface area contributed by atoms with Gasteiger partial charge in [0, 0.05) is 31.2 Å². The molecule has 2 nitrogen and oxygen atoms in total. The van der Waals surface area contributed by atoms with E-state index in [9.17, 15) is 0 Å². The van der Waals surface area contributed by atoms with Gasteiger partial charge in [0.05, 0.1) is 0 Å². The first-order valence-electron chi connectivity index (χ1n) is 8.40. The Hall–Kier alpha value is -0.860. The van der Waals surface area contributed by atoms with Gasteiger partial charge < -0.3 is 5.32 Å². The quantitative estimate of drug-likeness (QED) is 0.809. The summed E-state index contributed by atoms with van der Waals surface area (Å²) in [6.45, 7) is 14.5. The number of nitrogens with one attached hydrogen (secondary N) is 1. The van der Waals surface area contributed by atoms with Crippen LogP contribution in [0.25, 0.3) is 0 Å². The molecule has 2 heteroatoms. The average Bonchev–Trinajstić information content (AvgIpc) is 3.20. The highest BCUT2D eigenvalue weighted by Crippen LogP contribution is 2.29. The minimum Gasteiger partial charge on any atom is -0.308 e. The van der Waals surface area contributed by atoms with Crippen LogP contribution < -0.4 is 5.32 Å². The minimum atomic E-state index is 0.179. The summed E-state index contributed by atoms with van der Waals surface area (Å²) in [5, 5.41) is 3.54. The van der Waals surface area contributed by atoms with E-state index in [1.54, 1.807) is 0 Å². The molecule has 1 fully saturated rings. The van der Waals surface area contributed by atoms with E-state index < -0.39 is 0 Å². The molecule has 0 radical (unpaired) electrons. The highest BCUT2D eigenvalue weighted by Gasteiger charge is 2.29. The van der Waals surface area contributed by atoms with Crippen LogP contribution in [-0.2, 0) is 13.1 Å². The van der Waals surface area contributed by atoms with Gasteiger partial charge in [-0.25, -0.2) is 0 Å². The molecule has 1 N–H and O–H groups in total. The molecule has 0 bridgehead atoms. The third kappa shape index (κ3) is 6.19. The van der Waals surface area contributed by atoms with Crippen molar-refractivity contribution in [3.63, 3.8) is 0 Å². The van der Waals surface area contributed by atoms with E-state index in [4.69, 9.17) is 0 Å². The summed E-state index contributed by atoms with van der Waals surface area (Å²) in [5.41, 5.74) is 3.00. The fraction of sp³-hybridized carbons (Fsp3) is 0.684. The van der Waals surface area contributed by atoms with Gasteiger partial charge >= 0.3 is 0 Å². The van der Waals surface area contributed by atoms with Gasteiger partial charge in [-0.2, -0.15) is 0 Å². The van der Waals surface area contributed by atoms with Crippen molar-refractivity contribution in [3.8, 4) is 0 Å².